The zero-order valence-electron chi connectivity index (χ0n) is 9.46. The molecule has 2 N–H and O–H groups in total. The Morgan fingerprint density at radius 2 is 2.12 bits per heavy atom. The standard InChI is InChI=1S/C13H12N4/c1-9-4-5-11(14)13-16-12(8-17(9)13)10-3-2-6-15-7-10/h2-8H,14H2,1H3. The van der Waals surface area contributed by atoms with Crippen molar-refractivity contribution in [3.8, 4) is 11.3 Å². The summed E-state index contributed by atoms with van der Waals surface area (Å²) in [7, 11) is 0. The van der Waals surface area contributed by atoms with E-state index in [0.29, 0.717) is 5.69 Å². The third-order valence-corrected chi connectivity index (χ3v) is 2.81. The van der Waals surface area contributed by atoms with Crippen molar-refractivity contribution < 1.29 is 0 Å². The Labute approximate surface area is 98.8 Å². The SMILES string of the molecule is Cc1ccc(N)c2nc(-c3cccnc3)cn12. The van der Waals surface area contributed by atoms with Gasteiger partial charge >= 0.3 is 0 Å². The number of imidazole rings is 1. The van der Waals surface area contributed by atoms with Gasteiger partial charge in [0, 0.05) is 29.8 Å². The highest BCUT2D eigenvalue weighted by molar-refractivity contribution is 5.71. The molecular weight excluding hydrogens is 212 g/mol. The summed E-state index contributed by atoms with van der Waals surface area (Å²) < 4.78 is 2.00. The third-order valence-electron chi connectivity index (χ3n) is 2.81. The smallest absolute Gasteiger partial charge is 0.160 e. The summed E-state index contributed by atoms with van der Waals surface area (Å²) >= 11 is 0. The van der Waals surface area contributed by atoms with Gasteiger partial charge in [-0.3, -0.25) is 4.98 Å². The Kier molecular flexibility index (Phi) is 2.08. The minimum atomic E-state index is 0.686. The number of aromatic nitrogens is 3. The van der Waals surface area contributed by atoms with E-state index < -0.39 is 0 Å². The van der Waals surface area contributed by atoms with Crippen molar-refractivity contribution in [2.45, 2.75) is 6.92 Å². The second-order valence-corrected chi connectivity index (χ2v) is 3.99. The molecule has 0 bridgehead atoms. The van der Waals surface area contributed by atoms with Gasteiger partial charge in [0.15, 0.2) is 5.65 Å². The molecule has 0 aliphatic carbocycles. The number of rotatable bonds is 1. The van der Waals surface area contributed by atoms with Gasteiger partial charge in [0.2, 0.25) is 0 Å². The molecule has 3 rings (SSSR count). The summed E-state index contributed by atoms with van der Waals surface area (Å²) in [5, 5.41) is 0. The normalized spacial score (nSPS) is 10.9. The number of nitrogens with two attached hydrogens (primary N) is 1. The number of aryl methyl sites for hydroxylation is 1. The van der Waals surface area contributed by atoms with E-state index in [-0.39, 0.29) is 0 Å². The molecule has 4 nitrogen and oxygen atoms in total. The average Bonchev–Trinajstić information content (AvgIpc) is 2.81. The van der Waals surface area contributed by atoms with Crippen LogP contribution in [0.5, 0.6) is 0 Å². The quantitative estimate of drug-likeness (QED) is 0.690. The predicted octanol–water partition coefficient (Wildman–Crippen LogP) is 2.29. The van der Waals surface area contributed by atoms with Crippen LogP contribution in [0.25, 0.3) is 16.9 Å². The van der Waals surface area contributed by atoms with Crippen molar-refractivity contribution in [2.24, 2.45) is 0 Å². The highest BCUT2D eigenvalue weighted by atomic mass is 15.0. The first-order chi connectivity index (χ1) is 8.25. The molecule has 0 aliphatic heterocycles. The lowest BCUT2D eigenvalue weighted by Crippen LogP contribution is -1.94. The minimum Gasteiger partial charge on any atom is -0.396 e. The van der Waals surface area contributed by atoms with Crippen LogP contribution in [0.4, 0.5) is 5.69 Å². The maximum atomic E-state index is 5.92. The van der Waals surface area contributed by atoms with Crippen molar-refractivity contribution in [3.63, 3.8) is 0 Å². The van der Waals surface area contributed by atoms with Crippen molar-refractivity contribution in [2.75, 3.05) is 5.73 Å². The van der Waals surface area contributed by atoms with E-state index in [1.807, 2.05) is 41.8 Å². The number of nitrogens with zero attached hydrogens (tertiary/aromatic N) is 3. The summed E-state index contributed by atoms with van der Waals surface area (Å²) in [5.41, 5.74) is 10.4. The van der Waals surface area contributed by atoms with E-state index in [1.165, 1.54) is 0 Å². The maximum absolute atomic E-state index is 5.92. The summed E-state index contributed by atoms with van der Waals surface area (Å²) in [6.07, 6.45) is 5.53. The summed E-state index contributed by atoms with van der Waals surface area (Å²) in [6, 6.07) is 7.75. The van der Waals surface area contributed by atoms with E-state index >= 15 is 0 Å². The average molecular weight is 224 g/mol. The van der Waals surface area contributed by atoms with Gasteiger partial charge < -0.3 is 10.1 Å². The molecule has 4 heteroatoms. The van der Waals surface area contributed by atoms with E-state index in [4.69, 9.17) is 5.73 Å². The number of hydrogen-bond donors (Lipinski definition) is 1. The molecule has 0 saturated carbocycles. The van der Waals surface area contributed by atoms with Crippen LogP contribution in [0.1, 0.15) is 5.69 Å². The monoisotopic (exact) mass is 224 g/mol. The van der Waals surface area contributed by atoms with Crippen LogP contribution in [0.15, 0.2) is 42.9 Å². The number of pyridine rings is 2. The van der Waals surface area contributed by atoms with E-state index in [1.54, 1.807) is 12.4 Å². The van der Waals surface area contributed by atoms with Crippen LogP contribution >= 0.6 is 0 Å². The number of hydrogen-bond acceptors (Lipinski definition) is 3. The number of nitrogen functional groups attached to an aromatic ring is 1. The van der Waals surface area contributed by atoms with Gasteiger partial charge in [-0.25, -0.2) is 4.98 Å². The Morgan fingerprint density at radius 3 is 2.82 bits per heavy atom. The van der Waals surface area contributed by atoms with Gasteiger partial charge in [0.05, 0.1) is 11.4 Å². The molecule has 0 radical (unpaired) electrons. The Morgan fingerprint density at radius 1 is 1.24 bits per heavy atom. The molecule has 0 spiro atoms. The molecule has 0 amide bonds. The minimum absolute atomic E-state index is 0.686. The lowest BCUT2D eigenvalue weighted by atomic mass is 10.2. The van der Waals surface area contributed by atoms with Crippen LogP contribution in [0.3, 0.4) is 0 Å². The Hall–Kier alpha value is -2.36. The highest BCUT2D eigenvalue weighted by Gasteiger charge is 2.07. The predicted molar refractivity (Wildman–Crippen MR) is 67.6 cm³/mol. The summed E-state index contributed by atoms with van der Waals surface area (Å²) in [4.78, 5) is 8.64. The molecule has 0 saturated heterocycles. The first-order valence-corrected chi connectivity index (χ1v) is 5.40. The zero-order chi connectivity index (χ0) is 11.8. The fourth-order valence-electron chi connectivity index (χ4n) is 1.87. The van der Waals surface area contributed by atoms with Crippen LogP contribution in [0.2, 0.25) is 0 Å². The van der Waals surface area contributed by atoms with Crippen LogP contribution in [-0.4, -0.2) is 14.4 Å². The van der Waals surface area contributed by atoms with E-state index in [0.717, 1.165) is 22.6 Å². The van der Waals surface area contributed by atoms with Crippen molar-refractivity contribution >= 4 is 11.3 Å². The molecular formula is C13H12N4. The fraction of sp³-hybridized carbons (Fsp3) is 0.0769. The molecule has 0 atom stereocenters. The molecule has 0 aliphatic rings. The largest absolute Gasteiger partial charge is 0.396 e. The molecule has 0 aromatic carbocycles. The molecule has 0 fully saturated rings. The number of anilines is 1. The summed E-state index contributed by atoms with van der Waals surface area (Å²) in [5.74, 6) is 0. The molecule has 17 heavy (non-hydrogen) atoms. The second kappa shape index (κ2) is 3.59. The maximum Gasteiger partial charge on any atom is 0.160 e. The lowest BCUT2D eigenvalue weighted by Gasteiger charge is -2.00. The van der Waals surface area contributed by atoms with Crippen molar-refractivity contribution in [1.82, 2.24) is 14.4 Å². The zero-order valence-corrected chi connectivity index (χ0v) is 9.46. The fourth-order valence-corrected chi connectivity index (χ4v) is 1.87. The van der Waals surface area contributed by atoms with Crippen LogP contribution < -0.4 is 5.73 Å². The molecule has 3 heterocycles. The molecule has 84 valence electrons. The van der Waals surface area contributed by atoms with Gasteiger partial charge in [-0.1, -0.05) is 0 Å². The first-order valence-electron chi connectivity index (χ1n) is 5.40. The van der Waals surface area contributed by atoms with Crippen LogP contribution in [0, 0.1) is 6.92 Å². The Bertz CT molecular complexity index is 631. The molecule has 0 unspecified atom stereocenters. The molecule has 3 aromatic heterocycles. The highest BCUT2D eigenvalue weighted by Crippen LogP contribution is 2.22. The molecule has 3 aromatic rings. The van der Waals surface area contributed by atoms with Gasteiger partial charge in [0.25, 0.3) is 0 Å². The van der Waals surface area contributed by atoms with E-state index in [2.05, 4.69) is 9.97 Å². The first kappa shape index (κ1) is 9.84. The van der Waals surface area contributed by atoms with Gasteiger partial charge in [-0.2, -0.15) is 0 Å². The second-order valence-electron chi connectivity index (χ2n) is 3.99. The van der Waals surface area contributed by atoms with Gasteiger partial charge in [-0.15, -0.1) is 0 Å². The lowest BCUT2D eigenvalue weighted by molar-refractivity contribution is 1.10. The van der Waals surface area contributed by atoms with Crippen molar-refractivity contribution in [3.05, 3.63) is 48.5 Å². The van der Waals surface area contributed by atoms with E-state index in [9.17, 15) is 0 Å². The van der Waals surface area contributed by atoms with Gasteiger partial charge in [0.1, 0.15) is 0 Å². The Balaban J connectivity index is 2.27. The van der Waals surface area contributed by atoms with Crippen LogP contribution in [-0.2, 0) is 0 Å². The van der Waals surface area contributed by atoms with Gasteiger partial charge in [-0.05, 0) is 31.2 Å². The third kappa shape index (κ3) is 1.54. The topological polar surface area (TPSA) is 56.2 Å². The summed E-state index contributed by atoms with van der Waals surface area (Å²) in [6.45, 7) is 2.03. The van der Waals surface area contributed by atoms with Crippen molar-refractivity contribution in [1.29, 1.82) is 0 Å². The number of fused-ring (bicyclic) bond motifs is 1.